The lowest BCUT2D eigenvalue weighted by Crippen LogP contribution is -2.40. The number of urea groups is 1. The van der Waals surface area contributed by atoms with Gasteiger partial charge in [-0.15, -0.1) is 0 Å². The maximum absolute atomic E-state index is 12.2. The number of aryl methyl sites for hydroxylation is 1. The van der Waals surface area contributed by atoms with Crippen molar-refractivity contribution in [2.75, 3.05) is 18.4 Å². The number of nitrogens with zero attached hydrogens (tertiary/aromatic N) is 3. The first-order valence-electron chi connectivity index (χ1n) is 7.78. The molecule has 8 nitrogen and oxygen atoms in total. The number of amides is 3. The van der Waals surface area contributed by atoms with Crippen LogP contribution in [0.5, 0.6) is 0 Å². The van der Waals surface area contributed by atoms with Gasteiger partial charge in [0.15, 0.2) is 0 Å². The number of carbonyl (C=O) groups is 2. The highest BCUT2D eigenvalue weighted by Crippen LogP contribution is 2.26. The first-order chi connectivity index (χ1) is 10.7. The van der Waals surface area contributed by atoms with Crippen LogP contribution < -0.4 is 10.6 Å². The third kappa shape index (κ3) is 4.14. The summed E-state index contributed by atoms with van der Waals surface area (Å²) in [6, 6.07) is -0.285. The molecule has 2 heterocycles. The van der Waals surface area contributed by atoms with Gasteiger partial charge in [0.25, 0.3) is 0 Å². The highest BCUT2D eigenvalue weighted by Gasteiger charge is 2.30. The zero-order chi connectivity index (χ0) is 17.2. The number of ether oxygens (including phenoxy) is 1. The van der Waals surface area contributed by atoms with Gasteiger partial charge < -0.3 is 15.0 Å². The molecular formula is C15H25N5O3. The van der Waals surface area contributed by atoms with Crippen molar-refractivity contribution < 1.29 is 14.3 Å². The van der Waals surface area contributed by atoms with E-state index >= 15 is 0 Å². The van der Waals surface area contributed by atoms with Gasteiger partial charge in [0.1, 0.15) is 11.4 Å². The van der Waals surface area contributed by atoms with Gasteiger partial charge in [-0.05, 0) is 27.7 Å². The molecule has 0 fully saturated rings. The summed E-state index contributed by atoms with van der Waals surface area (Å²) >= 11 is 0. The van der Waals surface area contributed by atoms with Crippen LogP contribution >= 0.6 is 0 Å². The number of fused-ring (bicyclic) bond motifs is 1. The lowest BCUT2D eigenvalue weighted by molar-refractivity contribution is 0.0224. The summed E-state index contributed by atoms with van der Waals surface area (Å²) < 4.78 is 7.06. The fourth-order valence-electron chi connectivity index (χ4n) is 2.45. The van der Waals surface area contributed by atoms with E-state index in [2.05, 4.69) is 15.7 Å². The zero-order valence-corrected chi connectivity index (χ0v) is 14.4. The Morgan fingerprint density at radius 2 is 2.04 bits per heavy atom. The lowest BCUT2D eigenvalue weighted by atomic mass is 10.1. The monoisotopic (exact) mass is 323 g/mol. The molecule has 0 unspecified atom stereocenters. The minimum Gasteiger partial charge on any atom is -0.444 e. The zero-order valence-electron chi connectivity index (χ0n) is 14.4. The Labute approximate surface area is 136 Å². The van der Waals surface area contributed by atoms with Crippen molar-refractivity contribution in [3.05, 3.63) is 11.3 Å². The van der Waals surface area contributed by atoms with Crippen LogP contribution in [-0.2, 0) is 24.8 Å². The standard InChI is InChI=1S/C15H25N5O3/c1-6-16-13(21)17-12-10-9-20(14(22)23-15(2,3)4)8-7-11(10)18-19(12)5/h6-9H2,1-5H3,(H2,16,17,21). The number of carbonyl (C=O) groups excluding carboxylic acids is 2. The van der Waals surface area contributed by atoms with E-state index in [1.54, 1.807) is 16.6 Å². The lowest BCUT2D eigenvalue weighted by Gasteiger charge is -2.29. The molecule has 0 saturated carbocycles. The van der Waals surface area contributed by atoms with Gasteiger partial charge in [-0.2, -0.15) is 5.10 Å². The van der Waals surface area contributed by atoms with Crippen LogP contribution in [0.15, 0.2) is 0 Å². The van der Waals surface area contributed by atoms with Crippen molar-refractivity contribution in [1.82, 2.24) is 20.0 Å². The molecule has 1 aliphatic heterocycles. The minimum absolute atomic E-state index is 0.285. The summed E-state index contributed by atoms with van der Waals surface area (Å²) in [5, 5.41) is 9.91. The number of hydrogen-bond donors (Lipinski definition) is 2. The Balaban J connectivity index is 2.16. The van der Waals surface area contributed by atoms with Crippen molar-refractivity contribution in [1.29, 1.82) is 0 Å². The Hall–Kier alpha value is -2.25. The molecule has 1 aliphatic rings. The molecule has 2 rings (SSSR count). The number of aromatic nitrogens is 2. The molecule has 3 amide bonds. The van der Waals surface area contributed by atoms with Crippen LogP contribution in [0.1, 0.15) is 39.0 Å². The average molecular weight is 323 g/mol. The van der Waals surface area contributed by atoms with Gasteiger partial charge >= 0.3 is 12.1 Å². The average Bonchev–Trinajstić information content (AvgIpc) is 2.73. The van der Waals surface area contributed by atoms with Gasteiger partial charge in [0.05, 0.1) is 12.2 Å². The maximum atomic E-state index is 12.2. The molecule has 23 heavy (non-hydrogen) atoms. The first kappa shape index (κ1) is 17.1. The molecule has 0 aromatic carbocycles. The maximum Gasteiger partial charge on any atom is 0.410 e. The topological polar surface area (TPSA) is 88.5 Å². The molecule has 0 atom stereocenters. The molecule has 128 valence electrons. The molecular weight excluding hydrogens is 298 g/mol. The fraction of sp³-hybridized carbons (Fsp3) is 0.667. The molecule has 1 aromatic rings. The van der Waals surface area contributed by atoms with Crippen molar-refractivity contribution in [2.24, 2.45) is 7.05 Å². The molecule has 8 heteroatoms. The van der Waals surface area contributed by atoms with Crippen molar-refractivity contribution in [3.63, 3.8) is 0 Å². The summed E-state index contributed by atoms with van der Waals surface area (Å²) in [7, 11) is 1.78. The highest BCUT2D eigenvalue weighted by atomic mass is 16.6. The quantitative estimate of drug-likeness (QED) is 0.869. The number of nitrogens with one attached hydrogen (secondary N) is 2. The van der Waals surface area contributed by atoms with Crippen LogP contribution in [0.4, 0.5) is 15.4 Å². The third-order valence-corrected chi connectivity index (χ3v) is 3.42. The van der Waals surface area contributed by atoms with Crippen LogP contribution in [0.2, 0.25) is 0 Å². The minimum atomic E-state index is -0.533. The second kappa shape index (κ2) is 6.47. The van der Waals surface area contributed by atoms with E-state index in [0.29, 0.717) is 31.9 Å². The second-order valence-electron chi connectivity index (χ2n) is 6.53. The van der Waals surface area contributed by atoms with Gasteiger partial charge in [-0.1, -0.05) is 0 Å². The van der Waals surface area contributed by atoms with Crippen molar-refractivity contribution in [2.45, 2.75) is 46.3 Å². The molecule has 0 bridgehead atoms. The molecule has 0 radical (unpaired) electrons. The van der Waals surface area contributed by atoms with Crippen LogP contribution in [-0.4, -0.2) is 45.5 Å². The summed E-state index contributed by atoms with van der Waals surface area (Å²) in [5.74, 6) is 0.610. The predicted octanol–water partition coefficient (Wildman–Crippen LogP) is 1.85. The summed E-state index contributed by atoms with van der Waals surface area (Å²) in [5.41, 5.74) is 1.23. The first-order valence-corrected chi connectivity index (χ1v) is 7.78. The SMILES string of the molecule is CCNC(=O)Nc1c2c(nn1C)CCN(C(=O)OC(C)(C)C)C2. The fourth-order valence-corrected chi connectivity index (χ4v) is 2.45. The number of hydrogen-bond acceptors (Lipinski definition) is 4. The Morgan fingerprint density at radius 1 is 1.35 bits per heavy atom. The number of anilines is 1. The van der Waals surface area contributed by atoms with Gasteiger partial charge in [-0.3, -0.25) is 10.00 Å². The Kier molecular flexibility index (Phi) is 4.82. The summed E-state index contributed by atoms with van der Waals surface area (Å²) in [4.78, 5) is 25.7. The van der Waals surface area contributed by atoms with Gasteiger partial charge in [0, 0.05) is 32.1 Å². The summed E-state index contributed by atoms with van der Waals surface area (Å²) in [6.45, 7) is 8.84. The van der Waals surface area contributed by atoms with Crippen molar-refractivity contribution in [3.8, 4) is 0 Å². The van der Waals surface area contributed by atoms with Crippen LogP contribution in [0.25, 0.3) is 0 Å². The molecule has 0 spiro atoms. The normalized spacial score (nSPS) is 14.2. The largest absolute Gasteiger partial charge is 0.444 e. The number of rotatable bonds is 2. The summed E-state index contributed by atoms with van der Waals surface area (Å²) in [6.07, 6.45) is 0.287. The van der Waals surface area contributed by atoms with E-state index in [1.165, 1.54) is 0 Å². The molecule has 0 aliphatic carbocycles. The molecule has 1 aromatic heterocycles. The van der Waals surface area contributed by atoms with Gasteiger partial charge in [-0.25, -0.2) is 9.59 Å². The van der Waals surface area contributed by atoms with Crippen LogP contribution in [0.3, 0.4) is 0 Å². The van der Waals surface area contributed by atoms with Gasteiger partial charge in [0.2, 0.25) is 0 Å². The predicted molar refractivity (Wildman–Crippen MR) is 86.3 cm³/mol. The van der Waals surface area contributed by atoms with E-state index in [9.17, 15) is 9.59 Å². The Bertz CT molecular complexity index is 603. The van der Waals surface area contributed by atoms with E-state index < -0.39 is 5.60 Å². The Morgan fingerprint density at radius 3 is 2.65 bits per heavy atom. The molecule has 2 N–H and O–H groups in total. The second-order valence-corrected chi connectivity index (χ2v) is 6.53. The van der Waals surface area contributed by atoms with E-state index in [1.807, 2.05) is 27.7 Å². The van der Waals surface area contributed by atoms with E-state index in [-0.39, 0.29) is 12.1 Å². The molecule has 0 saturated heterocycles. The van der Waals surface area contributed by atoms with Crippen LogP contribution in [0, 0.1) is 0 Å². The van der Waals surface area contributed by atoms with Crippen molar-refractivity contribution >= 4 is 17.9 Å². The third-order valence-electron chi connectivity index (χ3n) is 3.42. The van der Waals surface area contributed by atoms with E-state index in [4.69, 9.17) is 4.74 Å². The smallest absolute Gasteiger partial charge is 0.410 e. The highest BCUT2D eigenvalue weighted by molar-refractivity contribution is 5.89. The van der Waals surface area contributed by atoms with E-state index in [0.717, 1.165) is 11.3 Å².